The lowest BCUT2D eigenvalue weighted by molar-refractivity contribution is 0.157. The third-order valence-corrected chi connectivity index (χ3v) is 7.74. The van der Waals surface area contributed by atoms with Crippen molar-refractivity contribution in [3.63, 3.8) is 0 Å². The molecule has 1 fully saturated rings. The van der Waals surface area contributed by atoms with Crippen molar-refractivity contribution < 1.29 is 13.5 Å². The summed E-state index contributed by atoms with van der Waals surface area (Å²) in [7, 11) is -3.10. The van der Waals surface area contributed by atoms with Crippen molar-refractivity contribution in [3.8, 4) is 0 Å². The number of nitrogens with zero attached hydrogens (tertiary/aromatic N) is 1. The molecule has 1 aromatic carbocycles. The van der Waals surface area contributed by atoms with Crippen molar-refractivity contribution in [3.05, 3.63) is 30.3 Å². The molecular formula is C23H39NO3S. The smallest absolute Gasteiger partial charge is 0.178 e. The summed E-state index contributed by atoms with van der Waals surface area (Å²) in [6.45, 7) is 2.63. The molecule has 5 heteroatoms. The van der Waals surface area contributed by atoms with Crippen LogP contribution in [-0.2, 0) is 9.84 Å². The molecule has 1 aliphatic rings. The minimum Gasteiger partial charge on any atom is -0.395 e. The molecule has 1 saturated heterocycles. The summed E-state index contributed by atoms with van der Waals surface area (Å²) in [6.07, 6.45) is 14.3. The minimum absolute atomic E-state index is 0.269. The van der Waals surface area contributed by atoms with Crippen molar-refractivity contribution in [1.29, 1.82) is 0 Å². The average molecular weight is 410 g/mol. The molecule has 28 heavy (non-hydrogen) atoms. The van der Waals surface area contributed by atoms with Crippen molar-refractivity contribution in [2.45, 2.75) is 88.0 Å². The normalized spacial score (nSPS) is 18.0. The van der Waals surface area contributed by atoms with Crippen LogP contribution in [0.1, 0.15) is 77.0 Å². The van der Waals surface area contributed by atoms with Crippen LogP contribution in [-0.4, -0.2) is 49.9 Å². The Balaban J connectivity index is 1.38. The molecule has 1 atom stereocenters. The van der Waals surface area contributed by atoms with Gasteiger partial charge < -0.3 is 5.11 Å². The summed E-state index contributed by atoms with van der Waals surface area (Å²) < 4.78 is 24.4. The Bertz CT molecular complexity index is 618. The van der Waals surface area contributed by atoms with Crippen molar-refractivity contribution in [2.75, 3.05) is 25.4 Å². The first-order valence-electron chi connectivity index (χ1n) is 11.3. The van der Waals surface area contributed by atoms with E-state index in [-0.39, 0.29) is 5.75 Å². The summed E-state index contributed by atoms with van der Waals surface area (Å²) in [5.74, 6) is 0.269. The largest absolute Gasteiger partial charge is 0.395 e. The van der Waals surface area contributed by atoms with E-state index in [2.05, 4.69) is 4.90 Å². The molecule has 160 valence electrons. The highest BCUT2D eigenvalue weighted by molar-refractivity contribution is 7.91. The van der Waals surface area contributed by atoms with E-state index in [4.69, 9.17) is 0 Å². The Morgan fingerprint density at radius 1 is 0.857 bits per heavy atom. The Hall–Kier alpha value is -0.910. The number of unbranched alkanes of at least 4 members (excludes halogenated alkanes) is 9. The van der Waals surface area contributed by atoms with Gasteiger partial charge in [-0.15, -0.1) is 0 Å². The van der Waals surface area contributed by atoms with Gasteiger partial charge in [-0.05, 0) is 50.9 Å². The van der Waals surface area contributed by atoms with Gasteiger partial charge in [-0.3, -0.25) is 4.90 Å². The lowest BCUT2D eigenvalue weighted by Gasteiger charge is -2.22. The van der Waals surface area contributed by atoms with Gasteiger partial charge in [-0.2, -0.15) is 0 Å². The van der Waals surface area contributed by atoms with Gasteiger partial charge in [-0.25, -0.2) is 8.42 Å². The van der Waals surface area contributed by atoms with Gasteiger partial charge in [0.05, 0.1) is 17.3 Å². The van der Waals surface area contributed by atoms with Crippen LogP contribution in [0, 0.1) is 0 Å². The van der Waals surface area contributed by atoms with Crippen molar-refractivity contribution in [1.82, 2.24) is 4.90 Å². The second-order valence-corrected chi connectivity index (χ2v) is 10.3. The fourth-order valence-corrected chi connectivity index (χ4v) is 5.55. The number of aliphatic hydroxyl groups is 1. The first-order chi connectivity index (χ1) is 13.6. The van der Waals surface area contributed by atoms with E-state index in [0.717, 1.165) is 38.8 Å². The second-order valence-electron chi connectivity index (χ2n) is 8.18. The fourth-order valence-electron chi connectivity index (χ4n) is 4.16. The topological polar surface area (TPSA) is 57.6 Å². The first kappa shape index (κ1) is 23.4. The van der Waals surface area contributed by atoms with Crippen LogP contribution < -0.4 is 0 Å². The standard InChI is InChI=1S/C23H39NO3S/c25-21-22-15-14-19-24(22)18-12-7-5-3-1-2-4-6-8-13-20-28(26,27)23-16-10-9-11-17-23/h9-11,16-17,22,25H,1-8,12-15,18-21H2/t22-/m1/s1. The molecule has 4 nitrogen and oxygen atoms in total. The SMILES string of the molecule is O=S(=O)(CCCCCCCCCCCCN1CCC[C@@H]1CO)c1ccccc1. The molecule has 2 rings (SSSR count). The first-order valence-corrected chi connectivity index (χ1v) is 12.9. The zero-order valence-electron chi connectivity index (χ0n) is 17.4. The van der Waals surface area contributed by atoms with E-state index in [1.165, 1.54) is 51.4 Å². The highest BCUT2D eigenvalue weighted by Gasteiger charge is 2.22. The van der Waals surface area contributed by atoms with Crippen LogP contribution in [0.3, 0.4) is 0 Å². The van der Waals surface area contributed by atoms with Gasteiger partial charge in [0, 0.05) is 6.04 Å². The third kappa shape index (κ3) is 8.62. The number of rotatable bonds is 15. The molecule has 0 amide bonds. The monoisotopic (exact) mass is 409 g/mol. The van der Waals surface area contributed by atoms with E-state index in [9.17, 15) is 13.5 Å². The summed E-state index contributed by atoms with van der Waals surface area (Å²) in [5, 5.41) is 9.33. The zero-order chi connectivity index (χ0) is 20.1. The number of benzene rings is 1. The lowest BCUT2D eigenvalue weighted by atomic mass is 10.1. The van der Waals surface area contributed by atoms with Crippen molar-refractivity contribution >= 4 is 9.84 Å². The minimum atomic E-state index is -3.10. The summed E-state index contributed by atoms with van der Waals surface area (Å²) in [6, 6.07) is 9.20. The maximum Gasteiger partial charge on any atom is 0.178 e. The number of likely N-dealkylation sites (tertiary alicyclic amines) is 1. The van der Waals surface area contributed by atoms with E-state index >= 15 is 0 Å². The van der Waals surface area contributed by atoms with Crippen LogP contribution in [0.15, 0.2) is 35.2 Å². The Labute approximate surface area is 172 Å². The molecule has 0 aliphatic carbocycles. The highest BCUT2D eigenvalue weighted by Crippen LogP contribution is 2.18. The summed E-state index contributed by atoms with van der Waals surface area (Å²) in [5.41, 5.74) is 0. The fraction of sp³-hybridized carbons (Fsp3) is 0.739. The molecule has 1 aliphatic heterocycles. The highest BCUT2D eigenvalue weighted by atomic mass is 32.2. The molecule has 1 heterocycles. The van der Waals surface area contributed by atoms with Gasteiger partial charge in [0.25, 0.3) is 0 Å². The molecule has 1 aromatic rings. The third-order valence-electron chi connectivity index (χ3n) is 5.92. The van der Waals surface area contributed by atoms with Gasteiger partial charge in [0.2, 0.25) is 0 Å². The van der Waals surface area contributed by atoms with Crippen LogP contribution in [0.25, 0.3) is 0 Å². The number of sulfone groups is 1. The van der Waals surface area contributed by atoms with Crippen LogP contribution in [0.4, 0.5) is 0 Å². The average Bonchev–Trinajstić information content (AvgIpc) is 3.17. The molecule has 0 radical (unpaired) electrons. The van der Waals surface area contributed by atoms with Crippen molar-refractivity contribution in [2.24, 2.45) is 0 Å². The molecular weight excluding hydrogens is 370 g/mol. The second kappa shape index (κ2) is 13.3. The number of aliphatic hydroxyl groups excluding tert-OH is 1. The predicted molar refractivity (Wildman–Crippen MR) is 116 cm³/mol. The van der Waals surface area contributed by atoms with Crippen LogP contribution >= 0.6 is 0 Å². The maximum atomic E-state index is 12.2. The Morgan fingerprint density at radius 2 is 1.43 bits per heavy atom. The van der Waals surface area contributed by atoms with Gasteiger partial charge in [-0.1, -0.05) is 69.6 Å². The molecule has 0 aromatic heterocycles. The maximum absolute atomic E-state index is 12.2. The van der Waals surface area contributed by atoms with E-state index < -0.39 is 9.84 Å². The lowest BCUT2D eigenvalue weighted by Crippen LogP contribution is -2.32. The molecule has 0 bridgehead atoms. The molecule has 1 N–H and O–H groups in total. The van der Waals surface area contributed by atoms with E-state index in [1.54, 1.807) is 24.3 Å². The molecule has 0 spiro atoms. The molecule has 0 unspecified atom stereocenters. The molecule has 0 saturated carbocycles. The Kier molecular flexibility index (Phi) is 11.1. The van der Waals surface area contributed by atoms with E-state index in [0.29, 0.717) is 17.5 Å². The number of hydrogen-bond acceptors (Lipinski definition) is 4. The van der Waals surface area contributed by atoms with Gasteiger partial charge in [0.15, 0.2) is 9.84 Å². The summed E-state index contributed by atoms with van der Waals surface area (Å²) >= 11 is 0. The Morgan fingerprint density at radius 3 is 2.04 bits per heavy atom. The van der Waals surface area contributed by atoms with Crippen LogP contribution in [0.2, 0.25) is 0 Å². The predicted octanol–water partition coefficient (Wildman–Crippen LogP) is 4.82. The number of hydrogen-bond donors (Lipinski definition) is 1. The van der Waals surface area contributed by atoms with E-state index in [1.807, 2.05) is 6.07 Å². The zero-order valence-corrected chi connectivity index (χ0v) is 18.2. The van der Waals surface area contributed by atoms with Gasteiger partial charge >= 0.3 is 0 Å². The van der Waals surface area contributed by atoms with Gasteiger partial charge in [0.1, 0.15) is 0 Å². The quantitative estimate of drug-likeness (QED) is 0.422. The summed E-state index contributed by atoms with van der Waals surface area (Å²) in [4.78, 5) is 2.91. The van der Waals surface area contributed by atoms with Crippen LogP contribution in [0.5, 0.6) is 0 Å².